The molecule has 0 saturated carbocycles. The van der Waals surface area contributed by atoms with Crippen LogP contribution in [0.15, 0.2) is 47.3 Å². The summed E-state index contributed by atoms with van der Waals surface area (Å²) in [6.45, 7) is 0.814. The number of esters is 1. The minimum atomic E-state index is -0.468. The first-order chi connectivity index (χ1) is 14.2. The lowest BCUT2D eigenvalue weighted by Crippen LogP contribution is -2.26. The summed E-state index contributed by atoms with van der Waals surface area (Å²) in [5.41, 5.74) is 2.23. The molecule has 6 nitrogen and oxygen atoms in total. The Hall–Kier alpha value is -3.46. The van der Waals surface area contributed by atoms with Crippen molar-refractivity contribution in [1.29, 1.82) is 5.26 Å². The van der Waals surface area contributed by atoms with Crippen molar-refractivity contribution in [1.82, 2.24) is 9.55 Å². The van der Waals surface area contributed by atoms with Crippen LogP contribution < -0.4 is 5.56 Å². The van der Waals surface area contributed by atoms with Crippen LogP contribution in [0.4, 0.5) is 0 Å². The zero-order valence-electron chi connectivity index (χ0n) is 16.1. The second-order valence-corrected chi connectivity index (χ2v) is 7.27. The van der Waals surface area contributed by atoms with Crippen LogP contribution in [0.2, 0.25) is 0 Å². The molecule has 29 heavy (non-hydrogen) atoms. The molecule has 3 aromatic rings. The van der Waals surface area contributed by atoms with E-state index >= 15 is 0 Å². The Morgan fingerprint density at radius 3 is 2.69 bits per heavy atom. The Balaban J connectivity index is 1.57. The van der Waals surface area contributed by atoms with Gasteiger partial charge in [0.1, 0.15) is 12.4 Å². The minimum Gasteiger partial charge on any atom is -0.457 e. The smallest absolute Gasteiger partial charge is 0.338 e. The molecular formula is C23H21N3O3. The van der Waals surface area contributed by atoms with Gasteiger partial charge in [-0.15, -0.1) is 0 Å². The maximum Gasteiger partial charge on any atom is 0.338 e. The average Bonchev–Trinajstić information content (AvgIpc) is 2.73. The third-order valence-electron chi connectivity index (χ3n) is 5.26. The largest absolute Gasteiger partial charge is 0.457 e. The van der Waals surface area contributed by atoms with Crippen molar-refractivity contribution in [3.8, 4) is 6.07 Å². The van der Waals surface area contributed by atoms with Crippen LogP contribution in [-0.4, -0.2) is 15.5 Å². The van der Waals surface area contributed by atoms with Gasteiger partial charge in [0.15, 0.2) is 0 Å². The summed E-state index contributed by atoms with van der Waals surface area (Å²) >= 11 is 0. The molecule has 0 radical (unpaired) electrons. The van der Waals surface area contributed by atoms with Gasteiger partial charge in [-0.3, -0.25) is 9.36 Å². The van der Waals surface area contributed by atoms with E-state index in [4.69, 9.17) is 10.00 Å². The molecule has 0 N–H and O–H groups in total. The second kappa shape index (κ2) is 8.27. The molecule has 2 aromatic carbocycles. The number of ether oxygens (including phenoxy) is 1. The lowest BCUT2D eigenvalue weighted by atomic mass is 10.1. The van der Waals surface area contributed by atoms with Crippen LogP contribution in [0.1, 0.15) is 53.0 Å². The molecule has 2 heterocycles. The lowest BCUT2D eigenvalue weighted by molar-refractivity contribution is 0.0473. The highest BCUT2D eigenvalue weighted by Crippen LogP contribution is 2.17. The highest BCUT2D eigenvalue weighted by Gasteiger charge is 2.15. The fraction of sp³-hybridized carbons (Fsp3) is 0.304. The minimum absolute atomic E-state index is 0.0376. The predicted octanol–water partition coefficient (Wildman–Crippen LogP) is 3.74. The number of hydrogen-bond donors (Lipinski definition) is 0. The van der Waals surface area contributed by atoms with Crippen molar-refractivity contribution in [2.75, 3.05) is 0 Å². The van der Waals surface area contributed by atoms with Crippen molar-refractivity contribution in [3.63, 3.8) is 0 Å². The van der Waals surface area contributed by atoms with E-state index in [1.807, 2.05) is 0 Å². The molecule has 0 aliphatic carbocycles. The van der Waals surface area contributed by atoms with E-state index in [0.29, 0.717) is 28.6 Å². The second-order valence-electron chi connectivity index (χ2n) is 7.27. The van der Waals surface area contributed by atoms with Gasteiger partial charge in [0, 0.05) is 13.0 Å². The molecule has 0 atom stereocenters. The van der Waals surface area contributed by atoms with Crippen LogP contribution in [0, 0.1) is 11.3 Å². The highest BCUT2D eigenvalue weighted by molar-refractivity contribution is 5.94. The summed E-state index contributed by atoms with van der Waals surface area (Å²) in [5.74, 6) is 0.329. The van der Waals surface area contributed by atoms with E-state index in [1.54, 1.807) is 47.0 Å². The lowest BCUT2D eigenvalue weighted by Gasteiger charge is -2.16. The SMILES string of the molecule is N#Cc1ccc(COC(=O)c2ccc3c(=O)n4c(nc3c2)CCCCCC4)cc1. The van der Waals surface area contributed by atoms with Crippen LogP contribution in [0.3, 0.4) is 0 Å². The van der Waals surface area contributed by atoms with Crippen molar-refractivity contribution >= 4 is 16.9 Å². The number of aromatic nitrogens is 2. The van der Waals surface area contributed by atoms with Crippen LogP contribution in [0.5, 0.6) is 0 Å². The van der Waals surface area contributed by atoms with Gasteiger partial charge in [0.05, 0.1) is 28.1 Å². The van der Waals surface area contributed by atoms with Gasteiger partial charge in [-0.05, 0) is 48.7 Å². The van der Waals surface area contributed by atoms with Crippen LogP contribution in [0.25, 0.3) is 10.9 Å². The van der Waals surface area contributed by atoms with Gasteiger partial charge in [-0.2, -0.15) is 5.26 Å². The molecule has 146 valence electrons. The van der Waals surface area contributed by atoms with E-state index in [-0.39, 0.29) is 12.2 Å². The Labute approximate surface area is 168 Å². The molecule has 0 spiro atoms. The van der Waals surface area contributed by atoms with Gasteiger partial charge < -0.3 is 4.74 Å². The average molecular weight is 387 g/mol. The fourth-order valence-electron chi connectivity index (χ4n) is 3.63. The van der Waals surface area contributed by atoms with Gasteiger partial charge in [-0.1, -0.05) is 25.0 Å². The normalized spacial score (nSPS) is 13.8. The number of carbonyl (C=O) groups is 1. The molecular weight excluding hydrogens is 366 g/mol. The molecule has 0 bridgehead atoms. The molecule has 4 rings (SSSR count). The number of hydrogen-bond acceptors (Lipinski definition) is 5. The first-order valence-corrected chi connectivity index (χ1v) is 9.85. The van der Waals surface area contributed by atoms with Gasteiger partial charge in [0.25, 0.3) is 5.56 Å². The maximum absolute atomic E-state index is 12.9. The van der Waals surface area contributed by atoms with Crippen molar-refractivity contribution in [3.05, 3.63) is 75.3 Å². The summed E-state index contributed by atoms with van der Waals surface area (Å²) in [6, 6.07) is 13.8. The molecule has 0 fully saturated rings. The number of carbonyl (C=O) groups excluding carboxylic acids is 1. The first-order valence-electron chi connectivity index (χ1n) is 9.85. The molecule has 6 heteroatoms. The summed E-state index contributed by atoms with van der Waals surface area (Å²) < 4.78 is 7.17. The molecule has 1 aliphatic rings. The number of nitriles is 1. The quantitative estimate of drug-likeness (QED) is 0.639. The van der Waals surface area contributed by atoms with E-state index in [1.165, 1.54) is 0 Å². The Morgan fingerprint density at radius 2 is 1.90 bits per heavy atom. The highest BCUT2D eigenvalue weighted by atomic mass is 16.5. The Kier molecular flexibility index (Phi) is 5.39. The maximum atomic E-state index is 12.9. The van der Waals surface area contributed by atoms with Crippen LogP contribution in [-0.2, 0) is 24.3 Å². The summed E-state index contributed by atoms with van der Waals surface area (Å²) in [6.07, 6.45) is 5.06. The zero-order valence-corrected chi connectivity index (χ0v) is 16.1. The number of rotatable bonds is 3. The predicted molar refractivity (Wildman–Crippen MR) is 108 cm³/mol. The van der Waals surface area contributed by atoms with Crippen LogP contribution >= 0.6 is 0 Å². The Morgan fingerprint density at radius 1 is 1.10 bits per heavy atom. The summed E-state index contributed by atoms with van der Waals surface area (Å²) in [4.78, 5) is 30.0. The van der Waals surface area contributed by atoms with Gasteiger partial charge >= 0.3 is 5.97 Å². The van der Waals surface area contributed by atoms with Crippen molar-refractivity contribution in [2.45, 2.75) is 45.3 Å². The van der Waals surface area contributed by atoms with E-state index in [0.717, 1.165) is 43.5 Å². The van der Waals surface area contributed by atoms with E-state index < -0.39 is 5.97 Å². The molecule has 0 saturated heterocycles. The summed E-state index contributed by atoms with van der Waals surface area (Å²) in [7, 11) is 0. The topological polar surface area (TPSA) is 85.0 Å². The third-order valence-corrected chi connectivity index (χ3v) is 5.26. The number of benzene rings is 2. The van der Waals surface area contributed by atoms with Crippen molar-refractivity contribution in [2.24, 2.45) is 0 Å². The number of fused-ring (bicyclic) bond motifs is 2. The number of aryl methyl sites for hydroxylation is 1. The van der Waals surface area contributed by atoms with Gasteiger partial charge in [-0.25, -0.2) is 9.78 Å². The van der Waals surface area contributed by atoms with E-state index in [9.17, 15) is 9.59 Å². The molecule has 0 amide bonds. The number of nitrogens with zero attached hydrogens (tertiary/aromatic N) is 3. The molecule has 1 aliphatic heterocycles. The Bertz CT molecular complexity index is 1160. The standard InChI is InChI=1S/C23H21N3O3/c24-14-16-6-8-17(9-7-16)15-29-23(28)18-10-11-19-20(13-18)25-21-5-3-1-2-4-12-26(21)22(19)27/h6-11,13H,1-5,12,15H2. The first kappa shape index (κ1) is 18.9. The van der Waals surface area contributed by atoms with E-state index in [2.05, 4.69) is 11.1 Å². The van der Waals surface area contributed by atoms with Crippen molar-refractivity contribution < 1.29 is 9.53 Å². The zero-order chi connectivity index (χ0) is 20.2. The monoisotopic (exact) mass is 387 g/mol. The fourth-order valence-corrected chi connectivity index (χ4v) is 3.63. The third kappa shape index (κ3) is 4.04. The molecule has 1 aromatic heterocycles. The molecule has 0 unspecified atom stereocenters. The van der Waals surface area contributed by atoms with Gasteiger partial charge in [0.2, 0.25) is 0 Å². The summed E-state index contributed by atoms with van der Waals surface area (Å²) in [5, 5.41) is 9.37.